The Hall–Kier alpha value is -2.15. The van der Waals surface area contributed by atoms with Crippen LogP contribution in [0.4, 0.5) is 0 Å². The minimum atomic E-state index is -3.18. The predicted octanol–water partition coefficient (Wildman–Crippen LogP) is 3.41. The maximum absolute atomic E-state index is 13.5. The molecule has 1 fully saturated rings. The fraction of sp³-hybridized carbons (Fsp3) is 0.524. The van der Waals surface area contributed by atoms with Gasteiger partial charge in [-0.25, -0.2) is 8.42 Å². The number of hydrogen-bond donors (Lipinski definition) is 0. The second-order valence-corrected chi connectivity index (χ2v) is 9.79. The third kappa shape index (κ3) is 4.29. The van der Waals surface area contributed by atoms with Crippen LogP contribution in [0, 0.1) is 0 Å². The molecule has 0 unspecified atom stereocenters. The van der Waals surface area contributed by atoms with E-state index in [1.165, 1.54) is 0 Å². The molecule has 0 spiro atoms. The van der Waals surface area contributed by atoms with Gasteiger partial charge in [0.15, 0.2) is 9.84 Å². The topological polar surface area (TPSA) is 76.6 Å². The first-order valence-electron chi connectivity index (χ1n) is 9.79. The molecule has 1 atom stereocenters. The number of methoxy groups -OCH3 is 1. The Labute approximate surface area is 166 Å². The summed E-state index contributed by atoms with van der Waals surface area (Å²) in [4.78, 5) is 19.8. The van der Waals surface area contributed by atoms with E-state index in [1.807, 2.05) is 31.2 Å². The summed E-state index contributed by atoms with van der Waals surface area (Å²) in [5.41, 5.74) is 2.26. The monoisotopic (exact) mass is 404 g/mol. The molecule has 1 heterocycles. The number of nitrogens with zero attached hydrogens (tertiary/aromatic N) is 2. The van der Waals surface area contributed by atoms with Gasteiger partial charge in [0.25, 0.3) is 5.91 Å². The van der Waals surface area contributed by atoms with Gasteiger partial charge in [-0.1, -0.05) is 6.92 Å². The predicted molar refractivity (Wildman–Crippen MR) is 111 cm³/mol. The lowest BCUT2D eigenvalue weighted by molar-refractivity contribution is 0.0721. The average Bonchev–Trinajstić information content (AvgIpc) is 3.52. The molecule has 28 heavy (non-hydrogen) atoms. The number of benzene rings is 1. The molecule has 7 heteroatoms. The van der Waals surface area contributed by atoms with Gasteiger partial charge < -0.3 is 9.64 Å². The van der Waals surface area contributed by atoms with Gasteiger partial charge in [-0.05, 0) is 51.0 Å². The van der Waals surface area contributed by atoms with Crippen molar-refractivity contribution in [3.8, 4) is 5.75 Å². The summed E-state index contributed by atoms with van der Waals surface area (Å²) in [6.45, 7) is 5.73. The summed E-state index contributed by atoms with van der Waals surface area (Å²) in [6.07, 6.45) is 2.18. The summed E-state index contributed by atoms with van der Waals surface area (Å²) in [5, 5.41) is 0.734. The molecule has 0 bridgehead atoms. The zero-order valence-corrected chi connectivity index (χ0v) is 17.8. The summed E-state index contributed by atoms with van der Waals surface area (Å²) in [6, 6.07) is 7.02. The standard InChI is InChI=1S/C21H28N2O4S/c1-5-23(14(3)13-28(25,26)6-2)21(24)18-12-20(15-7-8-15)22-19-10-9-16(27-4)11-17(18)19/h9-12,14-15H,5-8,13H2,1-4H3/t14-/m1/s1. The van der Waals surface area contributed by atoms with Crippen molar-refractivity contribution in [3.05, 3.63) is 35.5 Å². The highest BCUT2D eigenvalue weighted by atomic mass is 32.2. The first-order chi connectivity index (χ1) is 13.3. The molecule has 0 aliphatic heterocycles. The van der Waals surface area contributed by atoms with Crippen molar-refractivity contribution in [2.45, 2.75) is 45.6 Å². The quantitative estimate of drug-likeness (QED) is 0.674. The Morgan fingerprint density at radius 1 is 1.29 bits per heavy atom. The van der Waals surface area contributed by atoms with Crippen LogP contribution >= 0.6 is 0 Å². The third-order valence-corrected chi connectivity index (χ3v) is 7.20. The maximum Gasteiger partial charge on any atom is 0.254 e. The number of aromatic nitrogens is 1. The lowest BCUT2D eigenvalue weighted by Gasteiger charge is -2.28. The van der Waals surface area contributed by atoms with E-state index in [0.29, 0.717) is 23.8 Å². The number of ether oxygens (including phenoxy) is 1. The van der Waals surface area contributed by atoms with Gasteiger partial charge in [0.1, 0.15) is 5.75 Å². The molecule has 0 saturated heterocycles. The van der Waals surface area contributed by atoms with E-state index in [9.17, 15) is 13.2 Å². The molecule has 2 aromatic rings. The van der Waals surface area contributed by atoms with Crippen molar-refractivity contribution >= 4 is 26.6 Å². The largest absolute Gasteiger partial charge is 0.497 e. The highest BCUT2D eigenvalue weighted by Gasteiger charge is 2.30. The number of fused-ring (bicyclic) bond motifs is 1. The van der Waals surface area contributed by atoms with Crippen LogP contribution in [0.1, 0.15) is 55.6 Å². The Bertz CT molecular complexity index is 983. The minimum Gasteiger partial charge on any atom is -0.497 e. The lowest BCUT2D eigenvalue weighted by Crippen LogP contribution is -2.42. The van der Waals surface area contributed by atoms with Gasteiger partial charge in [-0.2, -0.15) is 0 Å². The molecule has 152 valence electrons. The van der Waals surface area contributed by atoms with Crippen LogP contribution in [-0.4, -0.2) is 55.4 Å². The SMILES string of the molecule is CCN(C(=O)c1cc(C2CC2)nc2ccc(OC)cc12)[C@H](C)CS(=O)(=O)CC. The zero-order valence-electron chi connectivity index (χ0n) is 16.9. The van der Waals surface area contributed by atoms with Gasteiger partial charge in [0, 0.05) is 35.3 Å². The Morgan fingerprint density at radius 3 is 2.57 bits per heavy atom. The van der Waals surface area contributed by atoms with Gasteiger partial charge in [-0.15, -0.1) is 0 Å². The number of carbonyl (C=O) groups excluding carboxylic acids is 1. The third-order valence-electron chi connectivity index (χ3n) is 5.33. The number of pyridine rings is 1. The molecule has 1 aliphatic carbocycles. The van der Waals surface area contributed by atoms with Gasteiger partial charge in [0.2, 0.25) is 0 Å². The van der Waals surface area contributed by atoms with E-state index in [1.54, 1.807) is 25.9 Å². The number of sulfone groups is 1. The van der Waals surface area contributed by atoms with E-state index in [4.69, 9.17) is 9.72 Å². The number of rotatable bonds is 8. The second kappa shape index (κ2) is 8.07. The molecular weight excluding hydrogens is 376 g/mol. The normalized spacial score (nSPS) is 15.4. The smallest absolute Gasteiger partial charge is 0.254 e. The fourth-order valence-electron chi connectivity index (χ4n) is 3.50. The van der Waals surface area contributed by atoms with Gasteiger partial charge in [-0.3, -0.25) is 9.78 Å². The molecule has 0 N–H and O–H groups in total. The summed E-state index contributed by atoms with van der Waals surface area (Å²) >= 11 is 0. The minimum absolute atomic E-state index is 0.0368. The Kier molecular flexibility index (Phi) is 5.93. The first-order valence-corrected chi connectivity index (χ1v) is 11.6. The molecule has 3 rings (SSSR count). The summed E-state index contributed by atoms with van der Waals surface area (Å²) in [5.74, 6) is 0.942. The molecular formula is C21H28N2O4S. The second-order valence-electron chi connectivity index (χ2n) is 7.39. The van der Waals surface area contributed by atoms with Crippen molar-refractivity contribution in [2.24, 2.45) is 0 Å². The van der Waals surface area contributed by atoms with Crippen LogP contribution in [0.15, 0.2) is 24.3 Å². The first kappa shape index (κ1) is 20.6. The number of amides is 1. The van der Waals surface area contributed by atoms with Crippen molar-refractivity contribution in [3.63, 3.8) is 0 Å². The van der Waals surface area contributed by atoms with Crippen LogP contribution in [0.5, 0.6) is 5.75 Å². The van der Waals surface area contributed by atoms with Crippen molar-refractivity contribution < 1.29 is 17.9 Å². The maximum atomic E-state index is 13.5. The zero-order chi connectivity index (χ0) is 20.5. The van der Waals surface area contributed by atoms with E-state index in [0.717, 1.165) is 29.4 Å². The van der Waals surface area contributed by atoms with E-state index >= 15 is 0 Å². The van der Waals surface area contributed by atoms with Gasteiger partial charge >= 0.3 is 0 Å². The van der Waals surface area contributed by atoms with Crippen molar-refractivity contribution in [1.82, 2.24) is 9.88 Å². The van der Waals surface area contributed by atoms with Crippen molar-refractivity contribution in [1.29, 1.82) is 0 Å². The van der Waals surface area contributed by atoms with Crippen LogP contribution in [0.3, 0.4) is 0 Å². The van der Waals surface area contributed by atoms with Crippen LogP contribution in [0.2, 0.25) is 0 Å². The van der Waals surface area contributed by atoms with E-state index in [2.05, 4.69) is 0 Å². The number of hydrogen-bond acceptors (Lipinski definition) is 5. The Morgan fingerprint density at radius 2 is 2.00 bits per heavy atom. The fourth-order valence-corrected chi connectivity index (χ4v) is 4.65. The number of carbonyl (C=O) groups is 1. The lowest BCUT2D eigenvalue weighted by atomic mass is 10.0. The summed E-state index contributed by atoms with van der Waals surface area (Å²) in [7, 11) is -1.59. The molecule has 1 aliphatic rings. The van der Waals surface area contributed by atoms with E-state index in [-0.39, 0.29) is 17.4 Å². The van der Waals surface area contributed by atoms with Crippen molar-refractivity contribution in [2.75, 3.05) is 25.2 Å². The Balaban J connectivity index is 2.05. The molecule has 6 nitrogen and oxygen atoms in total. The highest BCUT2D eigenvalue weighted by molar-refractivity contribution is 7.91. The average molecular weight is 405 g/mol. The van der Waals surface area contributed by atoms with Gasteiger partial charge in [0.05, 0.1) is 23.9 Å². The molecule has 0 radical (unpaired) electrons. The highest BCUT2D eigenvalue weighted by Crippen LogP contribution is 2.40. The van der Waals surface area contributed by atoms with Crippen LogP contribution < -0.4 is 4.74 Å². The molecule has 1 saturated carbocycles. The molecule has 1 aromatic carbocycles. The molecule has 1 amide bonds. The summed E-state index contributed by atoms with van der Waals surface area (Å²) < 4.78 is 29.5. The van der Waals surface area contributed by atoms with E-state index < -0.39 is 15.9 Å². The van der Waals surface area contributed by atoms with Crippen LogP contribution in [0.25, 0.3) is 10.9 Å². The molecule has 1 aromatic heterocycles. The van der Waals surface area contributed by atoms with Crippen LogP contribution in [-0.2, 0) is 9.84 Å².